The van der Waals surface area contributed by atoms with Gasteiger partial charge in [-0.25, -0.2) is 14.2 Å². The number of hydrogen-bond donors (Lipinski definition) is 1. The molecule has 7 heteroatoms. The number of benzene rings is 2. The Hall–Kier alpha value is -2.96. The van der Waals surface area contributed by atoms with Gasteiger partial charge in [0, 0.05) is 24.2 Å². The Bertz CT molecular complexity index is 1090. The fourth-order valence-corrected chi connectivity index (χ4v) is 3.92. The number of carbonyl (C=O) groups excluding carboxylic acids is 1. The standard InChI is InChI=1S/C23H21ClFN3O2/c1-30-19-7-6-16(22(25)21(19)15-3-2-4-17(24)12-15)11-14-5-8-20(27-13-14)28-10-9-18(28)23(26)29/h2-8,12-13,18H,9-11H2,1H3,(H2,26,29)/p+1. The summed E-state index contributed by atoms with van der Waals surface area (Å²) in [7, 11) is 1.52. The highest BCUT2D eigenvalue weighted by Gasteiger charge is 2.35. The first-order valence-electron chi connectivity index (χ1n) is 9.66. The molecule has 1 atom stereocenters. The fourth-order valence-electron chi connectivity index (χ4n) is 3.73. The molecular weight excluding hydrogens is 405 g/mol. The van der Waals surface area contributed by atoms with E-state index in [0.29, 0.717) is 33.9 Å². The van der Waals surface area contributed by atoms with Gasteiger partial charge in [-0.15, -0.1) is 0 Å². The third kappa shape index (κ3) is 3.88. The van der Waals surface area contributed by atoms with Crippen LogP contribution in [0.3, 0.4) is 0 Å². The summed E-state index contributed by atoms with van der Waals surface area (Å²) >= 11 is 6.10. The lowest BCUT2D eigenvalue weighted by Gasteiger charge is -2.38. The lowest BCUT2D eigenvalue weighted by atomic mass is 9.97. The zero-order chi connectivity index (χ0) is 21.3. The van der Waals surface area contributed by atoms with Gasteiger partial charge in [0.1, 0.15) is 23.4 Å². The van der Waals surface area contributed by atoms with Crippen molar-refractivity contribution in [1.29, 1.82) is 0 Å². The van der Waals surface area contributed by atoms with Crippen LogP contribution in [0.15, 0.2) is 54.7 Å². The van der Waals surface area contributed by atoms with E-state index in [4.69, 9.17) is 16.3 Å². The predicted molar refractivity (Wildman–Crippen MR) is 114 cm³/mol. The third-order valence-corrected chi connectivity index (χ3v) is 5.64. The van der Waals surface area contributed by atoms with Crippen molar-refractivity contribution in [2.45, 2.75) is 18.9 Å². The summed E-state index contributed by atoms with van der Waals surface area (Å²) in [6.45, 7) is 0.786. The summed E-state index contributed by atoms with van der Waals surface area (Å²) in [5, 5.41) is 0.532. The molecule has 1 saturated heterocycles. The average molecular weight is 427 g/mol. The lowest BCUT2D eigenvalue weighted by Crippen LogP contribution is -2.70. The first-order valence-corrected chi connectivity index (χ1v) is 10.0. The largest absolute Gasteiger partial charge is 0.496 e. The van der Waals surface area contributed by atoms with Crippen molar-refractivity contribution < 1.29 is 19.7 Å². The van der Waals surface area contributed by atoms with Gasteiger partial charge in [0.05, 0.1) is 12.7 Å². The molecule has 0 spiro atoms. The van der Waals surface area contributed by atoms with Gasteiger partial charge in [-0.1, -0.05) is 35.9 Å². The minimum atomic E-state index is -0.342. The normalized spacial score (nSPS) is 15.6. The van der Waals surface area contributed by atoms with E-state index in [1.54, 1.807) is 42.6 Å². The van der Waals surface area contributed by atoms with Crippen LogP contribution in [0.25, 0.3) is 11.1 Å². The Morgan fingerprint density at radius 3 is 2.73 bits per heavy atom. The van der Waals surface area contributed by atoms with Crippen molar-refractivity contribution in [3.05, 3.63) is 76.7 Å². The van der Waals surface area contributed by atoms with Gasteiger partial charge in [0.2, 0.25) is 0 Å². The summed E-state index contributed by atoms with van der Waals surface area (Å²) < 4.78 is 20.8. The number of rotatable bonds is 6. The van der Waals surface area contributed by atoms with E-state index in [1.807, 2.05) is 17.0 Å². The van der Waals surface area contributed by atoms with Crippen molar-refractivity contribution in [3.8, 4) is 16.9 Å². The summed E-state index contributed by atoms with van der Waals surface area (Å²) in [5.41, 5.74) is 5.96. The second-order valence-electron chi connectivity index (χ2n) is 7.29. The summed E-state index contributed by atoms with van der Waals surface area (Å²) in [6, 6.07) is 14.1. The number of aromatic nitrogens is 1. The highest BCUT2D eigenvalue weighted by atomic mass is 35.5. The highest BCUT2D eigenvalue weighted by Crippen LogP contribution is 2.36. The van der Waals surface area contributed by atoms with Gasteiger partial charge in [-0.2, -0.15) is 0 Å². The molecule has 2 aromatic carbocycles. The quantitative estimate of drug-likeness (QED) is 0.655. The van der Waals surface area contributed by atoms with Crippen molar-refractivity contribution >= 4 is 23.3 Å². The van der Waals surface area contributed by atoms with Crippen molar-refractivity contribution in [2.24, 2.45) is 0 Å². The monoisotopic (exact) mass is 426 g/mol. The van der Waals surface area contributed by atoms with Crippen LogP contribution in [0.5, 0.6) is 5.75 Å². The van der Waals surface area contributed by atoms with Crippen LogP contribution in [-0.4, -0.2) is 30.6 Å². The summed E-state index contributed by atoms with van der Waals surface area (Å²) in [5.74, 6) is 0.752. The number of halogens is 2. The molecule has 1 unspecified atom stereocenters. The van der Waals surface area contributed by atoms with Crippen molar-refractivity contribution in [2.75, 3.05) is 18.6 Å². The smallest absolute Gasteiger partial charge is 0.331 e. The van der Waals surface area contributed by atoms with Gasteiger partial charge >= 0.3 is 5.91 Å². The number of methoxy groups -OCH3 is 1. The molecule has 1 fully saturated rings. The van der Waals surface area contributed by atoms with Crippen molar-refractivity contribution in [3.63, 3.8) is 0 Å². The maximum atomic E-state index is 15.4. The van der Waals surface area contributed by atoms with E-state index in [9.17, 15) is 4.79 Å². The average Bonchev–Trinajstić information content (AvgIpc) is 2.69. The molecule has 0 radical (unpaired) electrons. The van der Waals surface area contributed by atoms with Crippen molar-refractivity contribution in [1.82, 2.24) is 4.98 Å². The Balaban J connectivity index is 1.61. The molecule has 2 heterocycles. The van der Waals surface area contributed by atoms with E-state index in [-0.39, 0.29) is 17.8 Å². The topological polar surface area (TPSA) is 70.1 Å². The summed E-state index contributed by atoms with van der Waals surface area (Å²) in [6.07, 6.45) is 2.91. The molecule has 1 aliphatic rings. The second-order valence-corrected chi connectivity index (χ2v) is 7.73. The Kier molecular flexibility index (Phi) is 5.70. The van der Waals surface area contributed by atoms with Gasteiger partial charge in [0.25, 0.3) is 0 Å². The van der Waals surface area contributed by atoms with Gasteiger partial charge in [-0.3, -0.25) is 5.73 Å². The van der Waals surface area contributed by atoms with Gasteiger partial charge in [0.15, 0.2) is 0 Å². The maximum Gasteiger partial charge on any atom is 0.331 e. The molecule has 154 valence electrons. The first-order chi connectivity index (χ1) is 14.5. The first kappa shape index (κ1) is 20.3. The fraction of sp³-hybridized carbons (Fsp3) is 0.217. The van der Waals surface area contributed by atoms with E-state index in [2.05, 4.69) is 10.7 Å². The molecule has 5 nitrogen and oxygen atoms in total. The van der Waals surface area contributed by atoms with Crippen LogP contribution in [0.4, 0.5) is 10.2 Å². The van der Waals surface area contributed by atoms with Crippen LogP contribution in [0, 0.1) is 5.82 Å². The van der Waals surface area contributed by atoms with Crippen LogP contribution >= 0.6 is 11.6 Å². The second kappa shape index (κ2) is 8.42. The molecule has 3 aromatic rings. The van der Waals surface area contributed by atoms with E-state index in [0.717, 1.165) is 24.3 Å². The zero-order valence-electron chi connectivity index (χ0n) is 16.6. The molecule has 1 aliphatic heterocycles. The molecule has 0 aliphatic carbocycles. The molecule has 3 N–H and O–H groups in total. The van der Waals surface area contributed by atoms with E-state index < -0.39 is 0 Å². The molecule has 4 rings (SSSR count). The van der Waals surface area contributed by atoms with Crippen LogP contribution in [0.2, 0.25) is 5.02 Å². The number of hydrogen-bond acceptors (Lipinski definition) is 4. The Morgan fingerprint density at radius 2 is 2.13 bits per heavy atom. The molecule has 1 aromatic heterocycles. The maximum absolute atomic E-state index is 15.4. The van der Waals surface area contributed by atoms with Crippen LogP contribution in [0.1, 0.15) is 17.5 Å². The number of ether oxygens (including phenoxy) is 1. The molecule has 0 saturated carbocycles. The Morgan fingerprint density at radius 1 is 1.30 bits per heavy atom. The SMILES string of the molecule is COc1ccc(Cc2ccc(N3CCC3C([NH3+])=O)nc2)c(F)c1-c1cccc(Cl)c1. The number of carbonyl (C=O) groups is 1. The number of quaternary nitrogens is 1. The minimum absolute atomic E-state index is 0.0963. The predicted octanol–water partition coefficient (Wildman–Crippen LogP) is 3.49. The number of amides is 1. The van der Waals surface area contributed by atoms with E-state index in [1.165, 1.54) is 7.11 Å². The lowest BCUT2D eigenvalue weighted by molar-refractivity contribution is -0.308. The minimum Gasteiger partial charge on any atom is -0.496 e. The van der Waals surface area contributed by atoms with Crippen LogP contribution < -0.4 is 15.4 Å². The highest BCUT2D eigenvalue weighted by molar-refractivity contribution is 6.30. The molecule has 1 amide bonds. The number of pyridine rings is 1. The Labute approximate surface area is 179 Å². The van der Waals surface area contributed by atoms with Crippen LogP contribution in [-0.2, 0) is 11.2 Å². The van der Waals surface area contributed by atoms with Gasteiger partial charge < -0.3 is 9.64 Å². The zero-order valence-corrected chi connectivity index (χ0v) is 17.3. The number of anilines is 1. The number of nitrogens with zero attached hydrogens (tertiary/aromatic N) is 2. The molecular formula is C23H22ClFN3O2+. The molecule has 0 bridgehead atoms. The molecule has 30 heavy (non-hydrogen) atoms. The van der Waals surface area contributed by atoms with E-state index >= 15 is 4.39 Å². The van der Waals surface area contributed by atoms with Gasteiger partial charge in [-0.05, 0) is 47.4 Å². The summed E-state index contributed by atoms with van der Waals surface area (Å²) in [4.78, 5) is 17.9. The third-order valence-electron chi connectivity index (χ3n) is 5.41.